The zero-order valence-electron chi connectivity index (χ0n) is 11.7. The molecule has 1 rings (SSSR count). The Kier molecular flexibility index (Phi) is 6.64. The molecule has 0 heterocycles. The molecule has 19 heavy (non-hydrogen) atoms. The van der Waals surface area contributed by atoms with Crippen LogP contribution in [0.3, 0.4) is 0 Å². The van der Waals surface area contributed by atoms with Crippen molar-refractivity contribution >= 4 is 11.8 Å². The summed E-state index contributed by atoms with van der Waals surface area (Å²) in [5.74, 6) is 0.0280. The normalized spacial score (nSPS) is 10.0. The van der Waals surface area contributed by atoms with E-state index in [0.717, 1.165) is 6.42 Å². The van der Waals surface area contributed by atoms with Crippen LogP contribution >= 0.6 is 0 Å². The lowest BCUT2D eigenvalue weighted by Crippen LogP contribution is -2.34. The van der Waals surface area contributed by atoms with Gasteiger partial charge in [0.05, 0.1) is 0 Å². The predicted molar refractivity (Wildman–Crippen MR) is 75.8 cm³/mol. The van der Waals surface area contributed by atoms with Gasteiger partial charge >= 0.3 is 0 Å². The average Bonchev–Trinajstić information content (AvgIpc) is 2.42. The van der Waals surface area contributed by atoms with Crippen molar-refractivity contribution < 1.29 is 9.59 Å². The number of hydrogen-bond donors (Lipinski definition) is 2. The highest BCUT2D eigenvalue weighted by atomic mass is 16.2. The van der Waals surface area contributed by atoms with Crippen molar-refractivity contribution in [2.24, 2.45) is 0 Å². The maximum Gasteiger partial charge on any atom is 0.220 e. The largest absolute Gasteiger partial charge is 0.354 e. The fourth-order valence-electron chi connectivity index (χ4n) is 1.63. The number of carbonyl (C=O) groups excluding carboxylic acids is 2. The molecule has 0 unspecified atom stereocenters. The molecule has 0 saturated carbocycles. The van der Waals surface area contributed by atoms with E-state index in [1.54, 1.807) is 6.92 Å². The number of aryl methyl sites for hydroxylation is 2. The minimum atomic E-state index is 0.00824. The van der Waals surface area contributed by atoms with Crippen molar-refractivity contribution in [2.75, 3.05) is 13.1 Å². The monoisotopic (exact) mass is 262 g/mol. The molecule has 4 heteroatoms. The molecule has 0 aliphatic heterocycles. The highest BCUT2D eigenvalue weighted by Gasteiger charge is 2.02. The highest BCUT2D eigenvalue weighted by molar-refractivity contribution is 5.77. The van der Waals surface area contributed by atoms with Crippen LogP contribution in [0, 0.1) is 6.92 Å². The maximum atomic E-state index is 11.6. The molecule has 0 spiro atoms. The van der Waals surface area contributed by atoms with Crippen LogP contribution < -0.4 is 10.6 Å². The maximum absolute atomic E-state index is 11.6. The van der Waals surface area contributed by atoms with E-state index in [1.165, 1.54) is 11.1 Å². The van der Waals surface area contributed by atoms with Gasteiger partial charge in [-0.1, -0.05) is 36.8 Å². The third-order valence-electron chi connectivity index (χ3n) is 2.85. The first-order chi connectivity index (χ1) is 9.11. The van der Waals surface area contributed by atoms with Gasteiger partial charge in [-0.15, -0.1) is 0 Å². The zero-order valence-corrected chi connectivity index (χ0v) is 11.7. The Balaban J connectivity index is 2.14. The van der Waals surface area contributed by atoms with Crippen molar-refractivity contribution in [3.8, 4) is 0 Å². The van der Waals surface area contributed by atoms with Crippen LogP contribution in [0.5, 0.6) is 0 Å². The average molecular weight is 262 g/mol. The van der Waals surface area contributed by atoms with Crippen molar-refractivity contribution in [3.63, 3.8) is 0 Å². The summed E-state index contributed by atoms with van der Waals surface area (Å²) in [5, 5.41) is 5.50. The van der Waals surface area contributed by atoms with Gasteiger partial charge in [0.2, 0.25) is 11.8 Å². The van der Waals surface area contributed by atoms with E-state index in [4.69, 9.17) is 0 Å². The molecule has 0 atom stereocenters. The van der Waals surface area contributed by atoms with Gasteiger partial charge in [0.15, 0.2) is 0 Å². The Hall–Kier alpha value is -1.84. The van der Waals surface area contributed by atoms with Gasteiger partial charge in [-0.25, -0.2) is 0 Å². The summed E-state index contributed by atoms with van der Waals surface area (Å²) >= 11 is 0. The number of amides is 2. The van der Waals surface area contributed by atoms with Crippen LogP contribution in [0.2, 0.25) is 0 Å². The molecular weight excluding hydrogens is 240 g/mol. The van der Waals surface area contributed by atoms with E-state index in [2.05, 4.69) is 10.6 Å². The Labute approximate surface area is 114 Å². The number of carbonyl (C=O) groups is 2. The minimum absolute atomic E-state index is 0.00824. The molecule has 0 aliphatic rings. The lowest BCUT2D eigenvalue weighted by atomic mass is 10.1. The van der Waals surface area contributed by atoms with E-state index in [-0.39, 0.29) is 11.8 Å². The Morgan fingerprint density at radius 3 is 2.16 bits per heavy atom. The van der Waals surface area contributed by atoms with Gasteiger partial charge in [0.25, 0.3) is 0 Å². The van der Waals surface area contributed by atoms with Crippen molar-refractivity contribution in [1.82, 2.24) is 10.6 Å². The van der Waals surface area contributed by atoms with Gasteiger partial charge in [-0.3, -0.25) is 9.59 Å². The molecule has 0 aromatic heterocycles. The Bertz CT molecular complexity index is 413. The molecule has 4 nitrogen and oxygen atoms in total. The highest BCUT2D eigenvalue weighted by Crippen LogP contribution is 2.05. The standard InChI is InChI=1S/C15H22N2O2/c1-3-14(18)16-10-11-17-15(19)9-8-13-6-4-12(2)5-7-13/h4-7H,3,8-11H2,1-2H3,(H,16,18)(H,17,19). The van der Waals surface area contributed by atoms with Gasteiger partial charge in [0.1, 0.15) is 0 Å². The van der Waals surface area contributed by atoms with Crippen LogP contribution in [-0.2, 0) is 16.0 Å². The number of nitrogens with one attached hydrogen (secondary N) is 2. The van der Waals surface area contributed by atoms with Crippen LogP contribution in [0.15, 0.2) is 24.3 Å². The molecule has 2 amide bonds. The second-order valence-corrected chi connectivity index (χ2v) is 4.54. The molecular formula is C15H22N2O2. The first-order valence-electron chi connectivity index (χ1n) is 6.70. The number of rotatable bonds is 7. The van der Waals surface area contributed by atoms with Crippen LogP contribution in [0.1, 0.15) is 30.9 Å². The van der Waals surface area contributed by atoms with E-state index < -0.39 is 0 Å². The van der Waals surface area contributed by atoms with E-state index in [1.807, 2.05) is 31.2 Å². The smallest absolute Gasteiger partial charge is 0.220 e. The molecule has 1 aromatic carbocycles. The molecule has 0 bridgehead atoms. The number of hydrogen-bond acceptors (Lipinski definition) is 2. The van der Waals surface area contributed by atoms with E-state index in [9.17, 15) is 9.59 Å². The first-order valence-corrected chi connectivity index (χ1v) is 6.70. The van der Waals surface area contributed by atoms with Gasteiger partial charge in [-0.2, -0.15) is 0 Å². The molecule has 1 aromatic rings. The quantitative estimate of drug-likeness (QED) is 0.733. The summed E-state index contributed by atoms with van der Waals surface area (Å²) in [7, 11) is 0. The first kappa shape index (κ1) is 15.2. The summed E-state index contributed by atoms with van der Waals surface area (Å²) in [5.41, 5.74) is 2.39. The van der Waals surface area contributed by atoms with Crippen LogP contribution in [0.25, 0.3) is 0 Å². The topological polar surface area (TPSA) is 58.2 Å². The van der Waals surface area contributed by atoms with E-state index in [0.29, 0.717) is 25.9 Å². The SMILES string of the molecule is CCC(=O)NCCNC(=O)CCc1ccc(C)cc1. The summed E-state index contributed by atoms with van der Waals surface area (Å²) < 4.78 is 0. The third kappa shape index (κ3) is 6.60. The molecule has 0 aliphatic carbocycles. The van der Waals surface area contributed by atoms with Crippen molar-refractivity contribution in [3.05, 3.63) is 35.4 Å². The Morgan fingerprint density at radius 1 is 1.00 bits per heavy atom. The summed E-state index contributed by atoms with van der Waals surface area (Å²) in [4.78, 5) is 22.5. The Morgan fingerprint density at radius 2 is 1.58 bits per heavy atom. The van der Waals surface area contributed by atoms with Gasteiger partial charge in [0, 0.05) is 25.9 Å². The second-order valence-electron chi connectivity index (χ2n) is 4.54. The van der Waals surface area contributed by atoms with Gasteiger partial charge < -0.3 is 10.6 Å². The molecule has 0 saturated heterocycles. The summed E-state index contributed by atoms with van der Waals surface area (Å²) in [6, 6.07) is 8.19. The van der Waals surface area contributed by atoms with Crippen LogP contribution in [0.4, 0.5) is 0 Å². The lowest BCUT2D eigenvalue weighted by molar-refractivity contribution is -0.122. The third-order valence-corrected chi connectivity index (χ3v) is 2.85. The fourth-order valence-corrected chi connectivity index (χ4v) is 1.63. The summed E-state index contributed by atoms with van der Waals surface area (Å²) in [6.07, 6.45) is 1.69. The molecule has 0 radical (unpaired) electrons. The van der Waals surface area contributed by atoms with Crippen molar-refractivity contribution in [1.29, 1.82) is 0 Å². The van der Waals surface area contributed by atoms with E-state index >= 15 is 0 Å². The van der Waals surface area contributed by atoms with Gasteiger partial charge in [-0.05, 0) is 18.9 Å². The lowest BCUT2D eigenvalue weighted by Gasteiger charge is -2.06. The number of benzene rings is 1. The molecule has 104 valence electrons. The fraction of sp³-hybridized carbons (Fsp3) is 0.467. The predicted octanol–water partition coefficient (Wildman–Crippen LogP) is 1.57. The zero-order chi connectivity index (χ0) is 14.1. The molecule has 0 fully saturated rings. The van der Waals surface area contributed by atoms with Crippen LogP contribution in [-0.4, -0.2) is 24.9 Å². The minimum Gasteiger partial charge on any atom is -0.354 e. The molecule has 2 N–H and O–H groups in total. The van der Waals surface area contributed by atoms with Crippen molar-refractivity contribution in [2.45, 2.75) is 33.1 Å². The summed E-state index contributed by atoms with van der Waals surface area (Å²) in [6.45, 7) is 4.82. The second kappa shape index (κ2) is 8.29.